The smallest absolute Gasteiger partial charge is 0.225 e. The molecule has 1 fully saturated rings. The van der Waals surface area contributed by atoms with Crippen molar-refractivity contribution in [3.63, 3.8) is 0 Å². The Morgan fingerprint density at radius 3 is 2.24 bits per heavy atom. The van der Waals surface area contributed by atoms with Crippen LogP contribution in [-0.2, 0) is 0 Å². The molecule has 0 aliphatic carbocycles. The highest BCUT2D eigenvalue weighted by molar-refractivity contribution is 7.80. The second-order valence-corrected chi connectivity index (χ2v) is 5.23. The Bertz CT molecular complexity index is 607. The Balaban J connectivity index is 1.64. The number of hydrogen-bond acceptors (Lipinski definition) is 6. The van der Waals surface area contributed by atoms with Gasteiger partial charge in [-0.3, -0.25) is 0 Å². The molecule has 0 bridgehead atoms. The zero-order chi connectivity index (χ0) is 14.7. The summed E-state index contributed by atoms with van der Waals surface area (Å²) in [5.74, 6) is 1.73. The van der Waals surface area contributed by atoms with E-state index in [1.54, 1.807) is 18.6 Å². The molecule has 0 unspecified atom stereocenters. The third-order valence-electron chi connectivity index (χ3n) is 3.47. The number of nitrogens with two attached hydrogens (primary N) is 1. The van der Waals surface area contributed by atoms with E-state index in [0.29, 0.717) is 4.99 Å². The van der Waals surface area contributed by atoms with E-state index in [1.165, 1.54) is 0 Å². The topological polar surface area (TPSA) is 71.2 Å². The van der Waals surface area contributed by atoms with Crippen LogP contribution < -0.4 is 15.5 Å². The fourth-order valence-corrected chi connectivity index (χ4v) is 2.43. The Labute approximate surface area is 128 Å². The largest absolute Gasteiger partial charge is 0.389 e. The second kappa shape index (κ2) is 6.01. The van der Waals surface area contributed by atoms with Gasteiger partial charge in [-0.15, -0.1) is 0 Å². The highest BCUT2D eigenvalue weighted by atomic mass is 32.1. The molecule has 1 aliphatic heterocycles. The Morgan fingerprint density at radius 2 is 1.67 bits per heavy atom. The van der Waals surface area contributed by atoms with Gasteiger partial charge in [0.1, 0.15) is 10.8 Å². The van der Waals surface area contributed by atoms with E-state index >= 15 is 0 Å². The average Bonchev–Trinajstić information content (AvgIpc) is 2.56. The lowest BCUT2D eigenvalue weighted by molar-refractivity contribution is 0.634. The maximum atomic E-state index is 5.58. The van der Waals surface area contributed by atoms with Gasteiger partial charge in [0.15, 0.2) is 0 Å². The van der Waals surface area contributed by atoms with E-state index in [2.05, 4.69) is 24.8 Å². The van der Waals surface area contributed by atoms with Crippen LogP contribution in [0.2, 0.25) is 0 Å². The van der Waals surface area contributed by atoms with E-state index in [4.69, 9.17) is 18.0 Å². The van der Waals surface area contributed by atoms with Crippen LogP contribution in [0, 0.1) is 0 Å². The molecule has 21 heavy (non-hydrogen) atoms. The van der Waals surface area contributed by atoms with Crippen molar-refractivity contribution < 1.29 is 0 Å². The molecule has 3 rings (SSSR count). The van der Waals surface area contributed by atoms with Crippen molar-refractivity contribution in [3.05, 3.63) is 42.4 Å². The van der Waals surface area contributed by atoms with E-state index < -0.39 is 0 Å². The van der Waals surface area contributed by atoms with Crippen LogP contribution in [0.15, 0.2) is 36.8 Å². The van der Waals surface area contributed by atoms with Crippen molar-refractivity contribution in [2.75, 3.05) is 36.0 Å². The van der Waals surface area contributed by atoms with Gasteiger partial charge in [0.05, 0.1) is 0 Å². The normalized spacial score (nSPS) is 15.0. The van der Waals surface area contributed by atoms with Crippen LogP contribution >= 0.6 is 12.2 Å². The van der Waals surface area contributed by atoms with Crippen molar-refractivity contribution in [3.8, 4) is 0 Å². The molecule has 0 radical (unpaired) electrons. The van der Waals surface area contributed by atoms with Crippen molar-refractivity contribution in [1.82, 2.24) is 15.0 Å². The predicted molar refractivity (Wildman–Crippen MR) is 86.6 cm³/mol. The van der Waals surface area contributed by atoms with Gasteiger partial charge < -0.3 is 15.5 Å². The lowest BCUT2D eigenvalue weighted by Crippen LogP contribution is -2.47. The zero-order valence-corrected chi connectivity index (χ0v) is 12.3. The number of pyridine rings is 1. The molecule has 1 aliphatic rings. The minimum absolute atomic E-state index is 0.375. The number of hydrogen-bond donors (Lipinski definition) is 1. The monoisotopic (exact) mass is 300 g/mol. The third kappa shape index (κ3) is 3.08. The molecule has 108 valence electrons. The predicted octanol–water partition coefficient (Wildman–Crippen LogP) is 0.832. The average molecular weight is 300 g/mol. The Kier molecular flexibility index (Phi) is 3.92. The summed E-state index contributed by atoms with van der Waals surface area (Å²) in [5.41, 5.74) is 6.38. The van der Waals surface area contributed by atoms with Gasteiger partial charge >= 0.3 is 0 Å². The quantitative estimate of drug-likeness (QED) is 0.842. The minimum atomic E-state index is 0.375. The summed E-state index contributed by atoms with van der Waals surface area (Å²) in [6.07, 6.45) is 5.26. The summed E-state index contributed by atoms with van der Waals surface area (Å²) in [4.78, 5) is 17.8. The van der Waals surface area contributed by atoms with E-state index in [-0.39, 0.29) is 0 Å². The fourth-order valence-electron chi connectivity index (χ4n) is 2.31. The zero-order valence-electron chi connectivity index (χ0n) is 11.5. The molecular weight excluding hydrogens is 284 g/mol. The summed E-state index contributed by atoms with van der Waals surface area (Å²) >= 11 is 4.93. The van der Waals surface area contributed by atoms with Crippen molar-refractivity contribution in [2.24, 2.45) is 5.73 Å². The number of nitrogens with zero attached hydrogens (tertiary/aromatic N) is 5. The highest BCUT2D eigenvalue weighted by Crippen LogP contribution is 2.16. The molecular formula is C14H16N6S. The molecule has 2 aromatic heterocycles. The van der Waals surface area contributed by atoms with Gasteiger partial charge in [-0.25, -0.2) is 15.0 Å². The van der Waals surface area contributed by atoms with Crippen LogP contribution in [0.3, 0.4) is 0 Å². The van der Waals surface area contributed by atoms with E-state index in [0.717, 1.165) is 43.5 Å². The van der Waals surface area contributed by atoms with Crippen molar-refractivity contribution in [2.45, 2.75) is 0 Å². The summed E-state index contributed by atoms with van der Waals surface area (Å²) in [6.45, 7) is 3.53. The lowest BCUT2D eigenvalue weighted by atomic mass is 10.2. The van der Waals surface area contributed by atoms with Crippen molar-refractivity contribution in [1.29, 1.82) is 0 Å². The molecule has 0 spiro atoms. The molecule has 0 amide bonds. The maximum absolute atomic E-state index is 5.58. The molecule has 0 saturated carbocycles. The molecule has 1 saturated heterocycles. The Morgan fingerprint density at radius 1 is 1.00 bits per heavy atom. The molecule has 2 N–H and O–H groups in total. The minimum Gasteiger partial charge on any atom is -0.389 e. The van der Waals surface area contributed by atoms with Crippen LogP contribution in [0.1, 0.15) is 5.56 Å². The first-order valence-corrected chi connectivity index (χ1v) is 7.17. The first kappa shape index (κ1) is 13.7. The number of anilines is 2. The molecule has 0 aromatic carbocycles. The van der Waals surface area contributed by atoms with Gasteiger partial charge in [-0.05, 0) is 18.2 Å². The van der Waals surface area contributed by atoms with Gasteiger partial charge in [0.2, 0.25) is 5.95 Å². The highest BCUT2D eigenvalue weighted by Gasteiger charge is 2.19. The van der Waals surface area contributed by atoms with Crippen LogP contribution in [-0.4, -0.2) is 46.1 Å². The molecule has 3 heterocycles. The van der Waals surface area contributed by atoms with E-state index in [1.807, 2.05) is 18.2 Å². The fraction of sp³-hybridized carbons (Fsp3) is 0.286. The lowest BCUT2D eigenvalue weighted by Gasteiger charge is -2.35. The van der Waals surface area contributed by atoms with Gasteiger partial charge in [-0.2, -0.15) is 0 Å². The standard InChI is InChI=1S/C14H16N6S/c15-13(21)11-2-3-12(18-10-11)19-6-8-20(9-7-19)14-16-4-1-5-17-14/h1-5,10H,6-9H2,(H2,15,21). The first-order valence-electron chi connectivity index (χ1n) is 6.77. The van der Waals surface area contributed by atoms with Crippen LogP contribution in [0.4, 0.5) is 11.8 Å². The molecule has 0 atom stereocenters. The van der Waals surface area contributed by atoms with E-state index in [9.17, 15) is 0 Å². The number of aromatic nitrogens is 3. The summed E-state index contributed by atoms with van der Waals surface area (Å²) < 4.78 is 0. The Hall–Kier alpha value is -2.28. The molecule has 2 aromatic rings. The SMILES string of the molecule is NC(=S)c1ccc(N2CCN(c3ncccn3)CC2)nc1. The maximum Gasteiger partial charge on any atom is 0.225 e. The van der Waals surface area contributed by atoms with Gasteiger partial charge in [-0.1, -0.05) is 12.2 Å². The van der Waals surface area contributed by atoms with Crippen LogP contribution in [0.25, 0.3) is 0 Å². The summed E-state index contributed by atoms with van der Waals surface area (Å²) in [5, 5.41) is 0. The number of piperazine rings is 1. The molecule has 6 nitrogen and oxygen atoms in total. The van der Waals surface area contributed by atoms with Crippen molar-refractivity contribution >= 4 is 29.0 Å². The van der Waals surface area contributed by atoms with Gasteiger partial charge in [0, 0.05) is 50.3 Å². The summed E-state index contributed by atoms with van der Waals surface area (Å²) in [7, 11) is 0. The third-order valence-corrected chi connectivity index (χ3v) is 3.71. The summed E-state index contributed by atoms with van der Waals surface area (Å²) in [6, 6.07) is 5.70. The second-order valence-electron chi connectivity index (χ2n) is 4.79. The van der Waals surface area contributed by atoms with Gasteiger partial charge in [0.25, 0.3) is 0 Å². The van der Waals surface area contributed by atoms with Crippen LogP contribution in [0.5, 0.6) is 0 Å². The molecule has 7 heteroatoms. The number of rotatable bonds is 3. The number of thiocarbonyl (C=S) groups is 1. The first-order chi connectivity index (χ1) is 10.2.